The van der Waals surface area contributed by atoms with Crippen molar-refractivity contribution in [1.82, 2.24) is 4.98 Å². The number of hydrogen-bond acceptors (Lipinski definition) is 3. The zero-order valence-electron chi connectivity index (χ0n) is 6.24. The van der Waals surface area contributed by atoms with Crippen LogP contribution in [0.15, 0.2) is 16.9 Å². The lowest BCUT2D eigenvalue weighted by Crippen LogP contribution is -2.24. The Hall–Kier alpha value is -1.03. The van der Waals surface area contributed by atoms with Gasteiger partial charge in [-0.2, -0.15) is 0 Å². The lowest BCUT2D eigenvalue weighted by molar-refractivity contribution is -0.117. The third kappa shape index (κ3) is 1.18. The van der Waals surface area contributed by atoms with Crippen molar-refractivity contribution in [3.63, 3.8) is 0 Å². The molecule has 0 saturated carbocycles. The van der Waals surface area contributed by atoms with Crippen molar-refractivity contribution in [2.45, 2.75) is 11.8 Å². The molecule has 0 spiro atoms. The van der Waals surface area contributed by atoms with E-state index in [2.05, 4.69) is 4.98 Å². The standard InChI is InChI=1S/C7H7ClN2O2/c8-5-3-6(11)10(4-5)7-9-1-2-12-7/h1-2,5H,3-4H2. The molecule has 0 N–H and O–H groups in total. The zero-order valence-corrected chi connectivity index (χ0v) is 6.99. The van der Waals surface area contributed by atoms with Gasteiger partial charge in [0.15, 0.2) is 0 Å². The number of hydrogen-bond donors (Lipinski definition) is 0. The van der Waals surface area contributed by atoms with Crippen molar-refractivity contribution in [2.24, 2.45) is 0 Å². The minimum atomic E-state index is -0.121. The van der Waals surface area contributed by atoms with Crippen molar-refractivity contribution in [3.8, 4) is 0 Å². The van der Waals surface area contributed by atoms with Gasteiger partial charge in [-0.15, -0.1) is 11.6 Å². The number of aromatic nitrogens is 1. The van der Waals surface area contributed by atoms with Crippen LogP contribution in [0.4, 0.5) is 6.01 Å². The number of carbonyl (C=O) groups excluding carboxylic acids is 1. The first kappa shape index (κ1) is 7.61. The molecule has 4 nitrogen and oxygen atoms in total. The second kappa shape index (κ2) is 2.79. The van der Waals surface area contributed by atoms with Gasteiger partial charge in [0.25, 0.3) is 0 Å². The van der Waals surface area contributed by atoms with Crippen LogP contribution in [0, 0.1) is 0 Å². The van der Waals surface area contributed by atoms with Crippen LogP contribution in [-0.4, -0.2) is 22.8 Å². The second-order valence-electron chi connectivity index (χ2n) is 2.62. The zero-order chi connectivity index (χ0) is 8.55. The lowest BCUT2D eigenvalue weighted by atomic mass is 10.4. The molecule has 12 heavy (non-hydrogen) atoms. The summed E-state index contributed by atoms with van der Waals surface area (Å²) in [7, 11) is 0. The predicted molar refractivity (Wildman–Crippen MR) is 43.1 cm³/mol. The molecule has 1 aliphatic heterocycles. The third-order valence-corrected chi connectivity index (χ3v) is 2.02. The Labute approximate surface area is 74.1 Å². The molecule has 0 bridgehead atoms. The molecule has 64 valence electrons. The minimum absolute atomic E-state index is 0.0301. The Bertz CT molecular complexity index is 286. The van der Waals surface area contributed by atoms with Crippen LogP contribution < -0.4 is 4.90 Å². The Kier molecular flexibility index (Phi) is 1.77. The number of anilines is 1. The number of oxazole rings is 1. The Morgan fingerprint density at radius 2 is 2.58 bits per heavy atom. The molecule has 0 radical (unpaired) electrons. The van der Waals surface area contributed by atoms with E-state index in [1.54, 1.807) is 0 Å². The van der Waals surface area contributed by atoms with Gasteiger partial charge in [0.05, 0.1) is 11.6 Å². The summed E-state index contributed by atoms with van der Waals surface area (Å²) in [4.78, 5) is 16.5. The summed E-state index contributed by atoms with van der Waals surface area (Å²) >= 11 is 5.79. The largest absolute Gasteiger partial charge is 0.432 e. The van der Waals surface area contributed by atoms with E-state index >= 15 is 0 Å². The molecule has 2 heterocycles. The molecule has 1 aromatic heterocycles. The molecule has 1 unspecified atom stereocenters. The normalized spacial score (nSPS) is 23.6. The molecule has 1 saturated heterocycles. The fourth-order valence-corrected chi connectivity index (χ4v) is 1.47. The highest BCUT2D eigenvalue weighted by molar-refractivity contribution is 6.24. The quantitative estimate of drug-likeness (QED) is 0.616. The Morgan fingerprint density at radius 3 is 3.08 bits per heavy atom. The molecule has 1 atom stereocenters. The topological polar surface area (TPSA) is 46.3 Å². The average molecular weight is 187 g/mol. The molecular weight excluding hydrogens is 180 g/mol. The van der Waals surface area contributed by atoms with Crippen molar-refractivity contribution >= 4 is 23.5 Å². The summed E-state index contributed by atoms with van der Waals surface area (Å²) in [5.41, 5.74) is 0. The number of amides is 1. The van der Waals surface area contributed by atoms with E-state index in [4.69, 9.17) is 16.0 Å². The number of halogens is 1. The van der Waals surface area contributed by atoms with Crippen LogP contribution in [0.3, 0.4) is 0 Å². The molecule has 2 rings (SSSR count). The maximum absolute atomic E-state index is 11.2. The number of nitrogens with zero attached hydrogens (tertiary/aromatic N) is 2. The van der Waals surface area contributed by atoms with Gasteiger partial charge in [0.1, 0.15) is 6.26 Å². The van der Waals surface area contributed by atoms with Crippen LogP contribution in [0.25, 0.3) is 0 Å². The highest BCUT2D eigenvalue weighted by atomic mass is 35.5. The van der Waals surface area contributed by atoms with Gasteiger partial charge in [-0.3, -0.25) is 9.69 Å². The monoisotopic (exact) mass is 186 g/mol. The van der Waals surface area contributed by atoms with Crippen LogP contribution in [0.5, 0.6) is 0 Å². The first-order valence-corrected chi connectivity index (χ1v) is 4.05. The summed E-state index contributed by atoms with van der Waals surface area (Å²) in [5.74, 6) is -0.0301. The summed E-state index contributed by atoms with van der Waals surface area (Å²) in [6, 6.07) is 0.336. The Morgan fingerprint density at radius 1 is 1.75 bits per heavy atom. The van der Waals surface area contributed by atoms with Crippen molar-refractivity contribution < 1.29 is 9.21 Å². The number of alkyl halides is 1. The highest BCUT2D eigenvalue weighted by Crippen LogP contribution is 2.21. The van der Waals surface area contributed by atoms with Gasteiger partial charge >= 0.3 is 6.01 Å². The first-order valence-electron chi connectivity index (χ1n) is 3.61. The van der Waals surface area contributed by atoms with Crippen LogP contribution in [0.1, 0.15) is 6.42 Å². The molecule has 5 heteroatoms. The van der Waals surface area contributed by atoms with Crippen LogP contribution in [-0.2, 0) is 4.79 Å². The van der Waals surface area contributed by atoms with E-state index in [0.717, 1.165) is 0 Å². The molecule has 1 amide bonds. The Balaban J connectivity index is 2.21. The molecular formula is C7H7ClN2O2. The lowest BCUT2D eigenvalue weighted by Gasteiger charge is -2.08. The number of rotatable bonds is 1. The molecule has 0 aromatic carbocycles. The predicted octanol–water partition coefficient (Wildman–Crippen LogP) is 1.02. The molecule has 0 aliphatic carbocycles. The van der Waals surface area contributed by atoms with Gasteiger partial charge < -0.3 is 4.42 Å². The van der Waals surface area contributed by atoms with E-state index in [-0.39, 0.29) is 11.3 Å². The molecule has 1 aliphatic rings. The smallest absolute Gasteiger partial charge is 0.304 e. The maximum Gasteiger partial charge on any atom is 0.304 e. The van der Waals surface area contributed by atoms with Gasteiger partial charge in [0, 0.05) is 13.0 Å². The number of carbonyl (C=O) groups is 1. The summed E-state index contributed by atoms with van der Waals surface area (Å²) in [6.45, 7) is 0.487. The second-order valence-corrected chi connectivity index (χ2v) is 3.24. The van der Waals surface area contributed by atoms with Gasteiger partial charge in [-0.25, -0.2) is 4.98 Å². The minimum Gasteiger partial charge on any atom is -0.432 e. The fourth-order valence-electron chi connectivity index (χ4n) is 1.20. The highest BCUT2D eigenvalue weighted by Gasteiger charge is 2.31. The molecule has 1 fully saturated rings. The summed E-state index contributed by atoms with van der Waals surface area (Å²) in [5, 5.41) is -0.121. The van der Waals surface area contributed by atoms with E-state index in [1.807, 2.05) is 0 Å². The van der Waals surface area contributed by atoms with E-state index in [0.29, 0.717) is 19.0 Å². The van der Waals surface area contributed by atoms with E-state index in [1.165, 1.54) is 17.4 Å². The molecule has 1 aromatic rings. The van der Waals surface area contributed by atoms with Crippen LogP contribution >= 0.6 is 11.6 Å². The maximum atomic E-state index is 11.2. The van der Waals surface area contributed by atoms with Gasteiger partial charge in [-0.05, 0) is 0 Å². The van der Waals surface area contributed by atoms with Crippen LogP contribution in [0.2, 0.25) is 0 Å². The van der Waals surface area contributed by atoms with Crippen molar-refractivity contribution in [3.05, 3.63) is 12.5 Å². The van der Waals surface area contributed by atoms with Gasteiger partial charge in [0.2, 0.25) is 5.91 Å². The van der Waals surface area contributed by atoms with E-state index < -0.39 is 0 Å². The fraction of sp³-hybridized carbons (Fsp3) is 0.429. The summed E-state index contributed by atoms with van der Waals surface area (Å²) < 4.78 is 4.97. The van der Waals surface area contributed by atoms with Gasteiger partial charge in [-0.1, -0.05) is 0 Å². The van der Waals surface area contributed by atoms with E-state index in [9.17, 15) is 4.79 Å². The first-order chi connectivity index (χ1) is 5.77. The third-order valence-electron chi connectivity index (χ3n) is 1.73. The average Bonchev–Trinajstić information content (AvgIpc) is 2.58. The SMILES string of the molecule is O=C1CC(Cl)CN1c1ncco1. The summed E-state index contributed by atoms with van der Waals surface area (Å²) in [6.07, 6.45) is 3.30. The van der Waals surface area contributed by atoms with Crippen molar-refractivity contribution in [2.75, 3.05) is 11.4 Å². The van der Waals surface area contributed by atoms with Crippen molar-refractivity contribution in [1.29, 1.82) is 0 Å².